The number of benzene rings is 13. The molecule has 0 radical (unpaired) electrons. The first kappa shape index (κ1) is 42.7. The molecule has 1 heterocycles. The minimum atomic E-state index is 0.470. The van der Waals surface area contributed by atoms with E-state index in [1.165, 1.54) is 202 Å². The van der Waals surface area contributed by atoms with Crippen molar-refractivity contribution in [3.05, 3.63) is 174 Å². The molecule has 13 aromatic carbocycles. The molecule has 0 atom stereocenters. The molecule has 3 aliphatic rings. The molecule has 3 aliphatic carbocycles. The first-order valence-corrected chi connectivity index (χ1v) is 28.6. The van der Waals surface area contributed by atoms with Gasteiger partial charge < -0.3 is 0 Å². The molecule has 75 heavy (non-hydrogen) atoms. The highest BCUT2D eigenvalue weighted by Gasteiger charge is 2.34. The van der Waals surface area contributed by atoms with Crippen molar-refractivity contribution in [1.82, 2.24) is 10.2 Å². The van der Waals surface area contributed by atoms with Crippen LogP contribution in [0.3, 0.4) is 0 Å². The summed E-state index contributed by atoms with van der Waals surface area (Å²) in [6, 6.07) is 56.7. The summed E-state index contributed by atoms with van der Waals surface area (Å²) in [5, 5.41) is 39.0. The zero-order valence-corrected chi connectivity index (χ0v) is 42.9. The number of fused-ring (bicyclic) bond motifs is 8. The Kier molecular flexibility index (Phi) is 9.19. The summed E-state index contributed by atoms with van der Waals surface area (Å²) in [6.07, 6.45) is 20.4. The van der Waals surface area contributed by atoms with Crippen LogP contribution >= 0.6 is 0 Å². The van der Waals surface area contributed by atoms with Crippen molar-refractivity contribution in [2.75, 3.05) is 0 Å². The molecule has 0 saturated heterocycles. The van der Waals surface area contributed by atoms with Crippen LogP contribution in [-0.4, -0.2) is 10.2 Å². The van der Waals surface area contributed by atoms with Gasteiger partial charge in [-0.3, -0.25) is 0 Å². The van der Waals surface area contributed by atoms with Gasteiger partial charge in [-0.2, -0.15) is 0 Å². The number of nitrogens with zero attached hydrogens (tertiary/aromatic N) is 2. The summed E-state index contributed by atoms with van der Waals surface area (Å²) in [6.45, 7) is 2.58. The Morgan fingerprint density at radius 3 is 1.60 bits per heavy atom. The van der Waals surface area contributed by atoms with Crippen LogP contribution in [0, 0.1) is 6.92 Å². The number of rotatable bonds is 5. The van der Waals surface area contributed by atoms with Gasteiger partial charge in [-0.1, -0.05) is 160 Å². The highest BCUT2D eigenvalue weighted by atomic mass is 15.1. The fraction of sp³-hybridized carbons (Fsp3) is 0.233. The zero-order chi connectivity index (χ0) is 49.0. The Labute approximate surface area is 437 Å². The monoisotopic (exact) mass is 962 g/mol. The summed E-state index contributed by atoms with van der Waals surface area (Å²) in [4.78, 5) is 0. The first-order valence-electron chi connectivity index (χ1n) is 28.6. The smallest absolute Gasteiger partial charge is 0.0942 e. The van der Waals surface area contributed by atoms with Crippen molar-refractivity contribution in [3.8, 4) is 22.4 Å². The average molecular weight is 963 g/mol. The molecule has 14 aromatic rings. The van der Waals surface area contributed by atoms with E-state index in [9.17, 15) is 0 Å². The quantitative estimate of drug-likeness (QED) is 0.127. The van der Waals surface area contributed by atoms with E-state index in [0.717, 1.165) is 28.6 Å². The second kappa shape index (κ2) is 16.2. The van der Waals surface area contributed by atoms with Gasteiger partial charge in [0.25, 0.3) is 0 Å². The van der Waals surface area contributed by atoms with Gasteiger partial charge >= 0.3 is 0 Å². The number of aromatic nitrogens is 2. The third kappa shape index (κ3) is 6.03. The number of hydrogen-bond acceptors (Lipinski definition) is 2. The van der Waals surface area contributed by atoms with Gasteiger partial charge in [0.2, 0.25) is 0 Å². The van der Waals surface area contributed by atoms with Crippen LogP contribution < -0.4 is 0 Å². The molecule has 17 rings (SSSR count). The van der Waals surface area contributed by atoms with Crippen LogP contribution in [0.4, 0.5) is 0 Å². The first-order chi connectivity index (χ1) is 37.1. The minimum Gasteiger partial charge on any atom is -0.150 e. The van der Waals surface area contributed by atoms with E-state index in [1.54, 1.807) is 27.8 Å². The Balaban J connectivity index is 1.16. The Morgan fingerprint density at radius 1 is 0.360 bits per heavy atom. The third-order valence-electron chi connectivity index (χ3n) is 19.4. The molecule has 2 fully saturated rings. The zero-order valence-electron chi connectivity index (χ0n) is 42.9. The molecule has 1 aromatic heterocycles. The van der Waals surface area contributed by atoms with E-state index >= 15 is 0 Å². The lowest BCUT2D eigenvalue weighted by Crippen LogP contribution is -2.15. The topological polar surface area (TPSA) is 25.8 Å². The summed E-state index contributed by atoms with van der Waals surface area (Å²) in [5.41, 5.74) is 13.7. The maximum absolute atomic E-state index is 5.26. The van der Waals surface area contributed by atoms with Gasteiger partial charge in [0.1, 0.15) is 0 Å². The summed E-state index contributed by atoms with van der Waals surface area (Å²) in [5.74, 6) is 0.978. The molecule has 0 unspecified atom stereocenters. The Morgan fingerprint density at radius 2 is 0.933 bits per heavy atom. The molecule has 2 heteroatoms. The van der Waals surface area contributed by atoms with Crippen LogP contribution in [0.1, 0.15) is 124 Å². The molecule has 0 aliphatic heterocycles. The second-order valence-corrected chi connectivity index (χ2v) is 23.3. The number of allylic oxidation sites excluding steroid dienone is 2. The van der Waals surface area contributed by atoms with Crippen molar-refractivity contribution in [1.29, 1.82) is 0 Å². The van der Waals surface area contributed by atoms with Crippen molar-refractivity contribution < 1.29 is 0 Å². The molecule has 2 nitrogen and oxygen atoms in total. The van der Waals surface area contributed by atoms with Crippen molar-refractivity contribution >= 4 is 124 Å². The lowest BCUT2D eigenvalue weighted by Gasteiger charge is -2.35. The minimum absolute atomic E-state index is 0.470. The summed E-state index contributed by atoms with van der Waals surface area (Å²) < 4.78 is 0. The molecule has 0 bridgehead atoms. The molecular formula is C73H58N2. The van der Waals surface area contributed by atoms with Gasteiger partial charge in [-0.15, -0.1) is 10.2 Å². The fourth-order valence-electron chi connectivity index (χ4n) is 16.2. The van der Waals surface area contributed by atoms with Crippen molar-refractivity contribution in [2.45, 2.75) is 109 Å². The highest BCUT2D eigenvalue weighted by Crippen LogP contribution is 2.57. The predicted molar refractivity (Wildman–Crippen MR) is 322 cm³/mol. The Bertz CT molecular complexity index is 4670. The Hall–Kier alpha value is -7.68. The SMILES string of the molecule is Cc1c(C2=CCCCC2)c(C2CCCCC2)c2c3c(-c4cc5ccc6ccc7ccc8ccc9ccc4c4c9c8c7c6c54)c(-c4cc5ccccc5nn4)ccc3c3cc4ccccc4cc3c2c1C1CCCCC1. The lowest BCUT2D eigenvalue weighted by molar-refractivity contribution is 0.440. The van der Waals surface area contributed by atoms with Gasteiger partial charge in [0.05, 0.1) is 11.2 Å². The molecule has 360 valence electrons. The van der Waals surface area contributed by atoms with E-state index in [2.05, 4.69) is 159 Å². The third-order valence-corrected chi connectivity index (χ3v) is 19.4. The molecule has 0 N–H and O–H groups in total. The lowest BCUT2D eigenvalue weighted by atomic mass is 9.69. The largest absolute Gasteiger partial charge is 0.150 e. The maximum Gasteiger partial charge on any atom is 0.0942 e. The van der Waals surface area contributed by atoms with Crippen molar-refractivity contribution in [3.63, 3.8) is 0 Å². The van der Waals surface area contributed by atoms with Gasteiger partial charge in [-0.25, -0.2) is 0 Å². The van der Waals surface area contributed by atoms with Gasteiger partial charge in [0, 0.05) is 16.5 Å². The van der Waals surface area contributed by atoms with Crippen LogP contribution in [0.5, 0.6) is 0 Å². The second-order valence-electron chi connectivity index (χ2n) is 23.3. The van der Waals surface area contributed by atoms with E-state index in [-0.39, 0.29) is 0 Å². The van der Waals surface area contributed by atoms with Crippen LogP contribution in [0.2, 0.25) is 0 Å². The molecular weight excluding hydrogens is 905 g/mol. The van der Waals surface area contributed by atoms with Gasteiger partial charge in [0.15, 0.2) is 0 Å². The highest BCUT2D eigenvalue weighted by molar-refractivity contribution is 6.46. The molecule has 2 saturated carbocycles. The van der Waals surface area contributed by atoms with E-state index in [4.69, 9.17) is 10.2 Å². The van der Waals surface area contributed by atoms with E-state index < -0.39 is 0 Å². The van der Waals surface area contributed by atoms with Crippen molar-refractivity contribution in [2.24, 2.45) is 0 Å². The van der Waals surface area contributed by atoms with Crippen LogP contribution in [0.25, 0.3) is 147 Å². The van der Waals surface area contributed by atoms with E-state index in [0.29, 0.717) is 11.8 Å². The normalized spacial score (nSPS) is 16.6. The summed E-state index contributed by atoms with van der Waals surface area (Å²) in [7, 11) is 0. The molecule has 0 spiro atoms. The summed E-state index contributed by atoms with van der Waals surface area (Å²) >= 11 is 0. The standard InChI is InChI=1S/C73H58N2/c1-41-61(42-15-5-2-6-16-42)63(44-19-9-4-10-20-44)73-71-53(56-37-49-21-11-12-22-50(49)38-58(56)72(73)62(41)43-17-7-3-8-18-43)35-36-55(60-40-51-23-13-14-24-59(51)74-75-60)69(71)57-39-52-32-31-47-28-26-45-25-27-46-29-30-48-33-34-54(57)70-67(48)65(46)64(45)66(47)68(52)70/h11-15,21-40,43-44H,2-10,16-20H2,1H3. The van der Waals surface area contributed by atoms with Gasteiger partial charge in [-0.05, 0) is 242 Å². The van der Waals surface area contributed by atoms with E-state index in [1.807, 2.05) is 0 Å². The average Bonchev–Trinajstić information content (AvgIpc) is 3.48. The van der Waals surface area contributed by atoms with Crippen LogP contribution in [-0.2, 0) is 0 Å². The molecule has 0 amide bonds. The fourth-order valence-corrected chi connectivity index (χ4v) is 16.2. The predicted octanol–water partition coefficient (Wildman–Crippen LogP) is 21.2. The maximum atomic E-state index is 5.26. The van der Waals surface area contributed by atoms with Crippen LogP contribution in [0.15, 0.2) is 152 Å². The number of hydrogen-bond donors (Lipinski definition) is 0.